The topological polar surface area (TPSA) is 53.5 Å². The molecule has 2 amide bonds. The Morgan fingerprint density at radius 3 is 2.16 bits per heavy atom. The first-order chi connectivity index (χ1) is 14.8. The van der Waals surface area contributed by atoms with Gasteiger partial charge in [-0.25, -0.2) is 4.39 Å². The average Bonchev–Trinajstić information content (AvgIpc) is 2.77. The Bertz CT molecular complexity index is 1160. The van der Waals surface area contributed by atoms with Crippen LogP contribution in [0, 0.1) is 5.82 Å². The molecule has 1 aliphatic rings. The SMILES string of the molecule is CC(C)c1cc(C(=O)N2CCN(C(=O)c3ccc(F)cc3Cl)CC2)c2ccccc2n1. The number of amides is 2. The van der Waals surface area contributed by atoms with E-state index in [1.807, 2.05) is 30.3 Å². The van der Waals surface area contributed by atoms with Crippen LogP contribution in [0.3, 0.4) is 0 Å². The molecule has 7 heteroatoms. The Kier molecular flexibility index (Phi) is 5.92. The van der Waals surface area contributed by atoms with Crippen molar-refractivity contribution in [3.05, 3.63) is 76.2 Å². The molecule has 1 aliphatic heterocycles. The van der Waals surface area contributed by atoms with E-state index in [4.69, 9.17) is 11.6 Å². The van der Waals surface area contributed by atoms with Crippen LogP contribution in [-0.2, 0) is 0 Å². The number of carbonyl (C=O) groups excluding carboxylic acids is 2. The van der Waals surface area contributed by atoms with E-state index < -0.39 is 5.82 Å². The second-order valence-electron chi connectivity index (χ2n) is 7.98. The molecule has 1 aromatic heterocycles. The third-order valence-electron chi connectivity index (χ3n) is 5.57. The third kappa shape index (κ3) is 4.26. The maximum atomic E-state index is 13.4. The van der Waals surface area contributed by atoms with Gasteiger partial charge in [0.25, 0.3) is 11.8 Å². The molecule has 1 saturated heterocycles. The molecule has 5 nitrogen and oxygen atoms in total. The van der Waals surface area contributed by atoms with E-state index in [9.17, 15) is 14.0 Å². The molecule has 2 aromatic carbocycles. The van der Waals surface area contributed by atoms with Gasteiger partial charge in [-0.1, -0.05) is 43.6 Å². The molecule has 2 heterocycles. The highest BCUT2D eigenvalue weighted by Crippen LogP contribution is 2.25. The Labute approximate surface area is 185 Å². The van der Waals surface area contributed by atoms with E-state index in [2.05, 4.69) is 18.8 Å². The summed E-state index contributed by atoms with van der Waals surface area (Å²) in [5.41, 5.74) is 2.58. The van der Waals surface area contributed by atoms with Crippen LogP contribution in [0.15, 0.2) is 48.5 Å². The highest BCUT2D eigenvalue weighted by Gasteiger charge is 2.27. The van der Waals surface area contributed by atoms with Crippen LogP contribution in [0.2, 0.25) is 5.02 Å². The lowest BCUT2D eigenvalue weighted by Gasteiger charge is -2.35. The van der Waals surface area contributed by atoms with Crippen LogP contribution in [-0.4, -0.2) is 52.8 Å². The molecular weight excluding hydrogens is 417 g/mol. The number of pyridine rings is 1. The van der Waals surface area contributed by atoms with Gasteiger partial charge in [-0.05, 0) is 36.2 Å². The maximum absolute atomic E-state index is 13.4. The predicted octanol–water partition coefficient (Wildman–Crippen LogP) is 4.75. The number of rotatable bonds is 3. The molecule has 1 fully saturated rings. The van der Waals surface area contributed by atoms with Crippen LogP contribution >= 0.6 is 11.6 Å². The summed E-state index contributed by atoms with van der Waals surface area (Å²) in [6.07, 6.45) is 0. The Morgan fingerprint density at radius 1 is 0.935 bits per heavy atom. The van der Waals surface area contributed by atoms with Crippen molar-refractivity contribution in [2.75, 3.05) is 26.2 Å². The normalized spacial score (nSPS) is 14.4. The first-order valence-electron chi connectivity index (χ1n) is 10.3. The van der Waals surface area contributed by atoms with E-state index in [1.54, 1.807) is 9.80 Å². The van der Waals surface area contributed by atoms with Gasteiger partial charge in [0.1, 0.15) is 5.82 Å². The number of piperazine rings is 1. The lowest BCUT2D eigenvalue weighted by atomic mass is 10.0. The zero-order valence-electron chi connectivity index (χ0n) is 17.4. The summed E-state index contributed by atoms with van der Waals surface area (Å²) in [6, 6.07) is 13.3. The van der Waals surface area contributed by atoms with Crippen molar-refractivity contribution >= 4 is 34.3 Å². The number of nitrogens with zero attached hydrogens (tertiary/aromatic N) is 3. The Morgan fingerprint density at radius 2 is 1.55 bits per heavy atom. The minimum Gasteiger partial charge on any atom is -0.335 e. The fourth-order valence-electron chi connectivity index (χ4n) is 3.78. The van der Waals surface area contributed by atoms with Crippen molar-refractivity contribution in [3.63, 3.8) is 0 Å². The summed E-state index contributed by atoms with van der Waals surface area (Å²) in [5.74, 6) is -0.602. The van der Waals surface area contributed by atoms with Gasteiger partial charge in [0.2, 0.25) is 0 Å². The summed E-state index contributed by atoms with van der Waals surface area (Å²) >= 11 is 6.04. The number of carbonyl (C=O) groups is 2. The molecule has 3 aromatic rings. The van der Waals surface area contributed by atoms with Crippen molar-refractivity contribution in [2.24, 2.45) is 0 Å². The number of para-hydroxylation sites is 1. The fourth-order valence-corrected chi connectivity index (χ4v) is 4.03. The molecule has 160 valence electrons. The van der Waals surface area contributed by atoms with Gasteiger partial charge in [-0.3, -0.25) is 14.6 Å². The zero-order valence-corrected chi connectivity index (χ0v) is 18.2. The van der Waals surface area contributed by atoms with Crippen molar-refractivity contribution in [3.8, 4) is 0 Å². The first kappa shape index (κ1) is 21.2. The molecule has 0 N–H and O–H groups in total. The summed E-state index contributed by atoms with van der Waals surface area (Å²) in [6.45, 7) is 5.71. The molecule has 31 heavy (non-hydrogen) atoms. The van der Waals surface area contributed by atoms with Gasteiger partial charge in [0, 0.05) is 37.3 Å². The van der Waals surface area contributed by atoms with Crippen molar-refractivity contribution in [1.82, 2.24) is 14.8 Å². The lowest BCUT2D eigenvalue weighted by Crippen LogP contribution is -2.50. The van der Waals surface area contributed by atoms with E-state index in [-0.39, 0.29) is 28.3 Å². The van der Waals surface area contributed by atoms with Gasteiger partial charge in [-0.2, -0.15) is 0 Å². The molecule has 0 saturated carbocycles. The van der Waals surface area contributed by atoms with Crippen LogP contribution in [0.5, 0.6) is 0 Å². The lowest BCUT2D eigenvalue weighted by molar-refractivity contribution is 0.0536. The minimum atomic E-state index is -0.484. The largest absolute Gasteiger partial charge is 0.335 e. The summed E-state index contributed by atoms with van der Waals surface area (Å²) < 4.78 is 13.3. The fraction of sp³-hybridized carbons (Fsp3) is 0.292. The Balaban J connectivity index is 1.53. The van der Waals surface area contributed by atoms with Crippen molar-refractivity contribution in [1.29, 1.82) is 0 Å². The minimum absolute atomic E-state index is 0.0626. The van der Waals surface area contributed by atoms with E-state index in [0.717, 1.165) is 22.7 Å². The molecule has 0 aliphatic carbocycles. The molecule has 0 spiro atoms. The first-order valence-corrected chi connectivity index (χ1v) is 10.7. The molecule has 4 rings (SSSR count). The summed E-state index contributed by atoms with van der Waals surface area (Å²) in [7, 11) is 0. The number of benzene rings is 2. The molecule has 0 atom stereocenters. The monoisotopic (exact) mass is 439 g/mol. The number of aromatic nitrogens is 1. The van der Waals surface area contributed by atoms with Gasteiger partial charge in [-0.15, -0.1) is 0 Å². The zero-order chi connectivity index (χ0) is 22.1. The van der Waals surface area contributed by atoms with Crippen molar-refractivity contribution < 1.29 is 14.0 Å². The number of fused-ring (bicyclic) bond motifs is 1. The van der Waals surface area contributed by atoms with Gasteiger partial charge < -0.3 is 9.80 Å². The third-order valence-corrected chi connectivity index (χ3v) is 5.89. The van der Waals surface area contributed by atoms with Gasteiger partial charge in [0.05, 0.1) is 21.7 Å². The maximum Gasteiger partial charge on any atom is 0.255 e. The second-order valence-corrected chi connectivity index (χ2v) is 8.38. The van der Waals surface area contributed by atoms with Crippen LogP contribution in [0.25, 0.3) is 10.9 Å². The van der Waals surface area contributed by atoms with Gasteiger partial charge >= 0.3 is 0 Å². The molecular formula is C24H23ClFN3O2. The molecule has 0 bridgehead atoms. The average molecular weight is 440 g/mol. The highest BCUT2D eigenvalue weighted by atomic mass is 35.5. The van der Waals surface area contributed by atoms with Crippen LogP contribution < -0.4 is 0 Å². The van der Waals surface area contributed by atoms with Crippen LogP contribution in [0.1, 0.15) is 46.2 Å². The Hall–Kier alpha value is -2.99. The standard InChI is InChI=1S/C24H23ClFN3O2/c1-15(2)22-14-19(17-5-3-4-6-21(17)27-22)24(31)29-11-9-28(10-12-29)23(30)18-8-7-16(26)13-20(18)25/h3-8,13-15H,9-12H2,1-2H3. The summed E-state index contributed by atoms with van der Waals surface area (Å²) in [4.78, 5) is 34.2. The van der Waals surface area contributed by atoms with E-state index in [0.29, 0.717) is 31.7 Å². The second kappa shape index (κ2) is 8.63. The quantitative estimate of drug-likeness (QED) is 0.591. The van der Waals surface area contributed by atoms with E-state index in [1.165, 1.54) is 12.1 Å². The molecule has 0 unspecified atom stereocenters. The van der Waals surface area contributed by atoms with Crippen LogP contribution in [0.4, 0.5) is 4.39 Å². The van der Waals surface area contributed by atoms with Gasteiger partial charge in [0.15, 0.2) is 0 Å². The van der Waals surface area contributed by atoms with E-state index >= 15 is 0 Å². The number of hydrogen-bond donors (Lipinski definition) is 0. The predicted molar refractivity (Wildman–Crippen MR) is 119 cm³/mol. The summed E-state index contributed by atoms with van der Waals surface area (Å²) in [5, 5.41) is 0.918. The highest BCUT2D eigenvalue weighted by molar-refractivity contribution is 6.33. The number of hydrogen-bond acceptors (Lipinski definition) is 3. The van der Waals surface area contributed by atoms with Crippen molar-refractivity contribution in [2.45, 2.75) is 19.8 Å². The molecule has 0 radical (unpaired) electrons. The smallest absolute Gasteiger partial charge is 0.255 e. The number of halogens is 2.